The monoisotopic (exact) mass is 1450 g/mol. The van der Waals surface area contributed by atoms with Crippen molar-refractivity contribution in [3.05, 3.63) is 449 Å². The second-order valence-corrected chi connectivity index (χ2v) is 29.9. The number of hydrogen-bond acceptors (Lipinski definition) is 2. The highest BCUT2D eigenvalue weighted by atomic mass is 15.1. The average Bonchev–Trinajstić information content (AvgIpc) is 0.731. The van der Waals surface area contributed by atoms with Gasteiger partial charge < -0.3 is 9.80 Å². The third-order valence-corrected chi connectivity index (χ3v) is 23.2. The van der Waals surface area contributed by atoms with E-state index in [4.69, 9.17) is 0 Å². The van der Waals surface area contributed by atoms with Gasteiger partial charge in [0.15, 0.2) is 0 Å². The molecule has 0 N–H and O–H groups in total. The summed E-state index contributed by atoms with van der Waals surface area (Å²) < 4.78 is 0. The van der Waals surface area contributed by atoms with Gasteiger partial charge in [-0.05, 0) is 261 Å². The van der Waals surface area contributed by atoms with Gasteiger partial charge in [0, 0.05) is 34.0 Å². The first-order valence-electron chi connectivity index (χ1n) is 39.3. The molecule has 0 aliphatic carbocycles. The molecule has 0 saturated carbocycles. The van der Waals surface area contributed by atoms with E-state index in [1.807, 2.05) is 0 Å². The molecule has 0 amide bonds. The summed E-state index contributed by atoms with van der Waals surface area (Å²) in [6, 6.07) is 166. The zero-order chi connectivity index (χ0) is 75.4. The summed E-state index contributed by atoms with van der Waals surface area (Å²) in [5, 5.41) is 17.2. The van der Waals surface area contributed by atoms with Gasteiger partial charge in [-0.3, -0.25) is 0 Å². The van der Waals surface area contributed by atoms with Crippen molar-refractivity contribution >= 4 is 110 Å². The van der Waals surface area contributed by atoms with Crippen LogP contribution in [0.25, 0.3) is 176 Å². The molecule has 0 fully saturated rings. The van der Waals surface area contributed by atoms with E-state index in [-0.39, 0.29) is 0 Å². The quantitative estimate of drug-likeness (QED) is 0.0944. The molecule has 0 heterocycles. The number of fused-ring (bicyclic) bond motifs is 11. The Morgan fingerprint density at radius 3 is 1.02 bits per heavy atom. The molecule has 0 aliphatic rings. The van der Waals surface area contributed by atoms with Crippen LogP contribution in [0.5, 0.6) is 0 Å². The number of para-hydroxylation sites is 1. The minimum atomic E-state index is 1.06. The fraction of sp³-hybridized carbons (Fsp3) is 0. The fourth-order valence-corrected chi connectivity index (χ4v) is 17.5. The highest BCUT2D eigenvalue weighted by molar-refractivity contribution is 6.28. The molecular formula is C112H74N2. The Labute approximate surface area is 663 Å². The summed E-state index contributed by atoms with van der Waals surface area (Å²) in [5.74, 6) is 0. The van der Waals surface area contributed by atoms with Crippen LogP contribution in [0.15, 0.2) is 449 Å². The maximum Gasteiger partial charge on any atom is 0.0540 e. The Morgan fingerprint density at radius 1 is 0.123 bits per heavy atom. The van der Waals surface area contributed by atoms with Crippen molar-refractivity contribution in [2.24, 2.45) is 0 Å². The second kappa shape index (κ2) is 28.8. The lowest BCUT2D eigenvalue weighted by Gasteiger charge is -2.28. The lowest BCUT2D eigenvalue weighted by molar-refractivity contribution is 1.28. The Morgan fingerprint density at radius 2 is 0.456 bits per heavy atom. The maximum absolute atomic E-state index is 2.43. The van der Waals surface area contributed by atoms with Crippen LogP contribution in [0, 0.1) is 0 Å². The summed E-state index contributed by atoms with van der Waals surface area (Å²) in [5.41, 5.74) is 27.6. The Kier molecular flexibility index (Phi) is 17.0. The first kappa shape index (κ1) is 67.2. The van der Waals surface area contributed by atoms with Crippen LogP contribution in [0.2, 0.25) is 0 Å². The van der Waals surface area contributed by atoms with E-state index >= 15 is 0 Å². The molecule has 0 saturated heterocycles. The molecule has 21 rings (SSSR count). The van der Waals surface area contributed by atoms with E-state index < -0.39 is 0 Å². The molecule has 21 aromatic carbocycles. The van der Waals surface area contributed by atoms with Crippen LogP contribution < -0.4 is 9.80 Å². The van der Waals surface area contributed by atoms with E-state index in [1.54, 1.807) is 0 Å². The van der Waals surface area contributed by atoms with Gasteiger partial charge >= 0.3 is 0 Å². The van der Waals surface area contributed by atoms with Gasteiger partial charge in [-0.15, -0.1) is 0 Å². The highest BCUT2D eigenvalue weighted by Gasteiger charge is 2.23. The van der Waals surface area contributed by atoms with E-state index in [0.717, 1.165) is 73.1 Å². The molecule has 0 bridgehead atoms. The van der Waals surface area contributed by atoms with Gasteiger partial charge in [0.05, 0.1) is 5.69 Å². The molecule has 532 valence electrons. The highest BCUT2D eigenvalue weighted by Crippen LogP contribution is 2.48. The van der Waals surface area contributed by atoms with Crippen LogP contribution in [0.3, 0.4) is 0 Å². The predicted octanol–water partition coefficient (Wildman–Crippen LogP) is 31.7. The summed E-state index contributed by atoms with van der Waals surface area (Å²) in [6.45, 7) is 0. The van der Waals surface area contributed by atoms with Crippen molar-refractivity contribution in [1.29, 1.82) is 0 Å². The van der Waals surface area contributed by atoms with Gasteiger partial charge in [-0.25, -0.2) is 0 Å². The molecule has 114 heavy (non-hydrogen) atoms. The van der Waals surface area contributed by atoms with E-state index in [1.165, 1.54) is 137 Å². The van der Waals surface area contributed by atoms with E-state index in [2.05, 4.69) is 459 Å². The van der Waals surface area contributed by atoms with Gasteiger partial charge in [-0.2, -0.15) is 0 Å². The molecule has 0 atom stereocenters. The van der Waals surface area contributed by atoms with Crippen LogP contribution in [0.1, 0.15) is 0 Å². The largest absolute Gasteiger partial charge is 0.310 e. The molecule has 2 heteroatoms. The van der Waals surface area contributed by atoms with Crippen LogP contribution in [-0.2, 0) is 0 Å². The smallest absolute Gasteiger partial charge is 0.0540 e. The second-order valence-electron chi connectivity index (χ2n) is 29.9. The molecule has 0 radical (unpaired) electrons. The third kappa shape index (κ3) is 12.5. The minimum absolute atomic E-state index is 1.06. The number of hydrogen-bond donors (Lipinski definition) is 0. The zero-order valence-electron chi connectivity index (χ0n) is 62.6. The van der Waals surface area contributed by atoms with Crippen LogP contribution >= 0.6 is 0 Å². The minimum Gasteiger partial charge on any atom is -0.310 e. The van der Waals surface area contributed by atoms with Crippen molar-refractivity contribution < 1.29 is 0 Å². The molecule has 0 spiro atoms. The van der Waals surface area contributed by atoms with Crippen molar-refractivity contribution in [2.75, 3.05) is 9.80 Å². The molecule has 0 aromatic heterocycles. The Balaban J connectivity index is 0.627. The molecule has 2 nitrogen and oxygen atoms in total. The maximum atomic E-state index is 2.43. The molecule has 0 unspecified atom stereocenters. The molecular weight excluding hydrogens is 1370 g/mol. The number of benzene rings is 21. The summed E-state index contributed by atoms with van der Waals surface area (Å²) in [6.07, 6.45) is 0. The van der Waals surface area contributed by atoms with Crippen LogP contribution in [0.4, 0.5) is 34.1 Å². The van der Waals surface area contributed by atoms with E-state index in [9.17, 15) is 0 Å². The first-order chi connectivity index (χ1) is 56.5. The molecule has 21 aromatic rings. The lowest BCUT2D eigenvalue weighted by atomic mass is 9.86. The standard InChI is InChI=1S/C112H74N2/c1-4-19-75(20-5-1)78-37-39-80(40-38-78)82-55-62-97(63-56-82)113(100-30-16-27-89(71-100)83-43-41-79(42-44-83)76-21-6-2-7-22-76)101-31-17-28-93(72-101)105-35-18-29-96-74-107(106-68-61-86-26-11-13-34-104(86)112(106)111(96)105)94-54-52-91-69-90(50-51-92(91)70-94)84-59-66-99(67-60-84)114(98-64-57-81(58-65-98)77-23-8-3-9-24-77)109-36-15-14-32-102(109)95-53-47-87-46-49-88-48-45-85-25-10-12-33-103(85)110(88)108(87)73-95/h1-74H. The summed E-state index contributed by atoms with van der Waals surface area (Å²) in [7, 11) is 0. The predicted molar refractivity (Wildman–Crippen MR) is 487 cm³/mol. The summed E-state index contributed by atoms with van der Waals surface area (Å²) in [4.78, 5) is 4.84. The van der Waals surface area contributed by atoms with Gasteiger partial charge in [0.2, 0.25) is 0 Å². The lowest BCUT2D eigenvalue weighted by Crippen LogP contribution is -2.11. The van der Waals surface area contributed by atoms with E-state index in [0.29, 0.717) is 0 Å². The first-order valence-corrected chi connectivity index (χ1v) is 39.3. The van der Waals surface area contributed by atoms with Crippen molar-refractivity contribution in [3.63, 3.8) is 0 Å². The topological polar surface area (TPSA) is 6.48 Å². The van der Waals surface area contributed by atoms with Gasteiger partial charge in [0.1, 0.15) is 0 Å². The van der Waals surface area contributed by atoms with Crippen molar-refractivity contribution in [3.8, 4) is 100 Å². The Hall–Kier alpha value is -15.0. The Bertz CT molecular complexity index is 7210. The van der Waals surface area contributed by atoms with Crippen molar-refractivity contribution in [1.82, 2.24) is 0 Å². The summed E-state index contributed by atoms with van der Waals surface area (Å²) >= 11 is 0. The van der Waals surface area contributed by atoms with Gasteiger partial charge in [0.25, 0.3) is 0 Å². The number of rotatable bonds is 15. The SMILES string of the molecule is c1ccc(-c2ccc(-c3ccc(N(c4cccc(-c5ccc(-c6ccccc6)cc5)c4)c4cccc(-c5cccc6cc(-c7ccc8cc(-c9ccc(N(c%10ccc(-c%11ccccc%11)cc%10)c%10ccccc%10-c%10ccc%11ccc%12ccc%13ccccc%13c%12c%11c%10)cc9)ccc8c7)c7ccc8ccccc8c7c56)c4)cc3)cc2)cc1. The zero-order valence-corrected chi connectivity index (χ0v) is 62.6. The fourth-order valence-electron chi connectivity index (χ4n) is 17.5. The average molecular weight is 1450 g/mol. The van der Waals surface area contributed by atoms with Crippen molar-refractivity contribution in [2.45, 2.75) is 0 Å². The normalized spacial score (nSPS) is 11.5. The molecule has 0 aliphatic heterocycles. The number of nitrogens with zero attached hydrogens (tertiary/aromatic N) is 2. The number of anilines is 6. The van der Waals surface area contributed by atoms with Gasteiger partial charge in [-0.1, -0.05) is 358 Å². The third-order valence-electron chi connectivity index (χ3n) is 23.2. The van der Waals surface area contributed by atoms with Crippen LogP contribution in [-0.4, -0.2) is 0 Å².